The third kappa shape index (κ3) is 7.72. The number of alkyl halides is 3. The van der Waals surface area contributed by atoms with Gasteiger partial charge in [-0.3, -0.25) is 5.32 Å². The Labute approximate surface area is 220 Å². The number of carbonyl (C=O) groups is 1. The number of nitrogens with two attached hydrogens (primary N) is 1. The number of benzene rings is 2. The second kappa shape index (κ2) is 13.3. The summed E-state index contributed by atoms with van der Waals surface area (Å²) in [6, 6.07) is 14.5. The van der Waals surface area contributed by atoms with E-state index in [1.807, 2.05) is 44.2 Å². The van der Waals surface area contributed by atoms with Gasteiger partial charge in [0.15, 0.2) is 0 Å². The van der Waals surface area contributed by atoms with Gasteiger partial charge >= 0.3 is 12.2 Å². The number of para-hydroxylation sites is 1. The molecule has 0 radical (unpaired) electrons. The van der Waals surface area contributed by atoms with Gasteiger partial charge in [-0.25, -0.2) is 9.48 Å². The monoisotopic (exact) mass is 533 g/mol. The van der Waals surface area contributed by atoms with Gasteiger partial charge in [-0.2, -0.15) is 13.2 Å². The average molecular weight is 534 g/mol. The minimum absolute atomic E-state index is 0.194. The molecule has 2 amide bonds. The molecule has 1 aliphatic heterocycles. The summed E-state index contributed by atoms with van der Waals surface area (Å²) in [5.41, 5.74) is 6.98. The second-order valence-electron chi connectivity index (χ2n) is 8.85. The lowest BCUT2D eigenvalue weighted by atomic mass is 9.96. The van der Waals surface area contributed by atoms with Crippen LogP contribution in [0.15, 0.2) is 54.6 Å². The standard InChI is InChI=1S/C14H18F3NO.C13H16N4O2/c1-19-8-7-18-6-5-12(10-18)11-3-2-4-13(9-11)14(15,16)17;1-3-19-12-9(2)11(15-13(14)18)17(16-12)10-7-5-4-6-8-10/h2-4,9,12H,5-8,10H2,1H3;4-8H,3H2,1-2H3,(H3,14,15,18). The molecule has 3 aromatic rings. The number of aromatic nitrogens is 2. The molecular weight excluding hydrogens is 499 g/mol. The highest BCUT2D eigenvalue weighted by atomic mass is 19.4. The molecule has 1 aromatic heterocycles. The number of urea groups is 1. The summed E-state index contributed by atoms with van der Waals surface area (Å²) in [7, 11) is 1.65. The Morgan fingerprint density at radius 3 is 2.55 bits per heavy atom. The van der Waals surface area contributed by atoms with Crippen LogP contribution in [0, 0.1) is 6.92 Å². The molecule has 1 saturated heterocycles. The zero-order valence-corrected chi connectivity index (χ0v) is 21.8. The number of halogens is 3. The highest BCUT2D eigenvalue weighted by molar-refractivity contribution is 5.88. The molecule has 2 aromatic carbocycles. The minimum Gasteiger partial charge on any atom is -0.477 e. The van der Waals surface area contributed by atoms with E-state index >= 15 is 0 Å². The van der Waals surface area contributed by atoms with Crippen molar-refractivity contribution in [3.8, 4) is 11.6 Å². The summed E-state index contributed by atoms with van der Waals surface area (Å²) < 4.78 is 50.1. The fourth-order valence-corrected chi connectivity index (χ4v) is 4.27. The first kappa shape index (κ1) is 29.0. The number of ether oxygens (including phenoxy) is 2. The van der Waals surface area contributed by atoms with Gasteiger partial charge in [-0.15, -0.1) is 5.10 Å². The predicted octanol–water partition coefficient (Wildman–Crippen LogP) is 5.21. The molecule has 206 valence electrons. The number of rotatable bonds is 8. The maximum absolute atomic E-state index is 12.7. The van der Waals surface area contributed by atoms with Crippen LogP contribution in [0.5, 0.6) is 5.88 Å². The molecule has 1 aliphatic rings. The van der Waals surface area contributed by atoms with Crippen molar-refractivity contribution in [3.63, 3.8) is 0 Å². The van der Waals surface area contributed by atoms with E-state index in [4.69, 9.17) is 15.2 Å². The maximum Gasteiger partial charge on any atom is 0.416 e. The number of carbonyl (C=O) groups excluding carboxylic acids is 1. The van der Waals surface area contributed by atoms with Crippen LogP contribution >= 0.6 is 0 Å². The number of primary amides is 1. The summed E-state index contributed by atoms with van der Waals surface area (Å²) in [6.45, 7) is 7.43. The van der Waals surface area contributed by atoms with Crippen molar-refractivity contribution in [1.29, 1.82) is 0 Å². The predicted molar refractivity (Wildman–Crippen MR) is 140 cm³/mol. The number of nitrogens with one attached hydrogen (secondary N) is 1. The van der Waals surface area contributed by atoms with Gasteiger partial charge in [-0.1, -0.05) is 36.4 Å². The Bertz CT molecular complexity index is 1180. The van der Waals surface area contributed by atoms with E-state index in [-0.39, 0.29) is 5.92 Å². The molecule has 3 N–H and O–H groups in total. The number of hydrogen-bond donors (Lipinski definition) is 2. The van der Waals surface area contributed by atoms with Gasteiger partial charge in [0.1, 0.15) is 5.82 Å². The van der Waals surface area contributed by atoms with Crippen molar-refractivity contribution in [2.45, 2.75) is 32.4 Å². The lowest BCUT2D eigenvalue weighted by Crippen LogP contribution is -2.24. The lowest BCUT2D eigenvalue weighted by Gasteiger charge is -2.16. The third-order valence-electron chi connectivity index (χ3n) is 6.17. The summed E-state index contributed by atoms with van der Waals surface area (Å²) in [5, 5.41) is 6.93. The summed E-state index contributed by atoms with van der Waals surface area (Å²) >= 11 is 0. The highest BCUT2D eigenvalue weighted by Crippen LogP contribution is 2.33. The molecule has 1 atom stereocenters. The Kier molecular flexibility index (Phi) is 10.1. The van der Waals surface area contributed by atoms with E-state index in [1.165, 1.54) is 12.1 Å². The summed E-state index contributed by atoms with van der Waals surface area (Å²) in [4.78, 5) is 13.3. The molecule has 0 spiro atoms. The fourth-order valence-electron chi connectivity index (χ4n) is 4.27. The summed E-state index contributed by atoms with van der Waals surface area (Å²) in [6.07, 6.45) is -3.35. The highest BCUT2D eigenvalue weighted by Gasteiger charge is 2.32. The van der Waals surface area contributed by atoms with Gasteiger partial charge in [0, 0.05) is 20.2 Å². The van der Waals surface area contributed by atoms with Crippen LogP contribution in [0.25, 0.3) is 5.69 Å². The molecule has 2 heterocycles. The van der Waals surface area contributed by atoms with Gasteiger partial charge in [0.2, 0.25) is 5.88 Å². The van der Waals surface area contributed by atoms with E-state index in [0.717, 1.165) is 48.9 Å². The SMILES string of the molecule is CCOc1nn(-c2ccccc2)c(NC(N)=O)c1C.COCCN1CCC(c2cccc(C(F)(F)F)c2)C1. The van der Waals surface area contributed by atoms with Crippen molar-refractivity contribution in [2.24, 2.45) is 5.73 Å². The molecule has 1 fully saturated rings. The molecule has 0 saturated carbocycles. The largest absolute Gasteiger partial charge is 0.477 e. The molecule has 8 nitrogen and oxygen atoms in total. The minimum atomic E-state index is -4.26. The van der Waals surface area contributed by atoms with Crippen molar-refractivity contribution in [2.75, 3.05) is 45.3 Å². The van der Waals surface area contributed by atoms with Crippen molar-refractivity contribution in [1.82, 2.24) is 14.7 Å². The average Bonchev–Trinajstić information content (AvgIpc) is 3.49. The number of anilines is 1. The number of hydrogen-bond acceptors (Lipinski definition) is 5. The van der Waals surface area contributed by atoms with Crippen LogP contribution < -0.4 is 15.8 Å². The van der Waals surface area contributed by atoms with E-state index in [9.17, 15) is 18.0 Å². The molecule has 11 heteroatoms. The van der Waals surface area contributed by atoms with Gasteiger partial charge in [0.05, 0.1) is 30.0 Å². The first-order valence-electron chi connectivity index (χ1n) is 12.4. The molecule has 1 unspecified atom stereocenters. The van der Waals surface area contributed by atoms with E-state index in [2.05, 4.69) is 15.3 Å². The molecule has 38 heavy (non-hydrogen) atoms. The van der Waals surface area contributed by atoms with Crippen molar-refractivity contribution < 1.29 is 27.4 Å². The smallest absolute Gasteiger partial charge is 0.416 e. The number of amides is 2. The van der Waals surface area contributed by atoms with Crippen LogP contribution in [-0.4, -0.2) is 60.7 Å². The van der Waals surface area contributed by atoms with Crippen LogP contribution in [0.2, 0.25) is 0 Å². The fraction of sp³-hybridized carbons (Fsp3) is 0.407. The summed E-state index contributed by atoms with van der Waals surface area (Å²) in [5.74, 6) is 1.19. The number of methoxy groups -OCH3 is 1. The van der Waals surface area contributed by atoms with Crippen LogP contribution in [0.4, 0.5) is 23.8 Å². The van der Waals surface area contributed by atoms with Crippen molar-refractivity contribution >= 4 is 11.8 Å². The quantitative estimate of drug-likeness (QED) is 0.415. The second-order valence-corrected chi connectivity index (χ2v) is 8.85. The molecule has 0 bridgehead atoms. The van der Waals surface area contributed by atoms with Crippen molar-refractivity contribution in [3.05, 3.63) is 71.3 Å². The normalized spacial score (nSPS) is 15.6. The van der Waals surface area contributed by atoms with E-state index < -0.39 is 17.8 Å². The molecule has 0 aliphatic carbocycles. The van der Waals surface area contributed by atoms with E-state index in [0.29, 0.717) is 24.9 Å². The number of nitrogens with zero attached hydrogens (tertiary/aromatic N) is 3. The first-order chi connectivity index (χ1) is 18.1. The topological polar surface area (TPSA) is 94.6 Å². The van der Waals surface area contributed by atoms with Gasteiger partial charge in [0.25, 0.3) is 0 Å². The Morgan fingerprint density at radius 2 is 1.92 bits per heavy atom. The lowest BCUT2D eigenvalue weighted by molar-refractivity contribution is -0.137. The zero-order chi connectivity index (χ0) is 27.7. The number of likely N-dealkylation sites (tertiary alicyclic amines) is 1. The Balaban J connectivity index is 0.000000211. The first-order valence-corrected chi connectivity index (χ1v) is 12.4. The van der Waals surface area contributed by atoms with Crippen LogP contribution in [-0.2, 0) is 10.9 Å². The van der Waals surface area contributed by atoms with Crippen LogP contribution in [0.3, 0.4) is 0 Å². The maximum atomic E-state index is 12.7. The van der Waals surface area contributed by atoms with E-state index in [1.54, 1.807) is 17.9 Å². The van der Waals surface area contributed by atoms with Gasteiger partial charge in [-0.05, 0) is 56.5 Å². The third-order valence-corrected chi connectivity index (χ3v) is 6.17. The Morgan fingerprint density at radius 1 is 1.18 bits per heavy atom. The zero-order valence-electron chi connectivity index (χ0n) is 21.8. The van der Waals surface area contributed by atoms with Crippen LogP contribution in [0.1, 0.15) is 36.0 Å². The Hall–Kier alpha value is -3.57. The van der Waals surface area contributed by atoms with Gasteiger partial charge < -0.3 is 20.1 Å². The molecular formula is C27H34F3N5O3. The molecule has 4 rings (SSSR count).